The lowest BCUT2D eigenvalue weighted by Crippen LogP contribution is -2.44. The van der Waals surface area contributed by atoms with Gasteiger partial charge in [0.25, 0.3) is 5.91 Å². The van der Waals surface area contributed by atoms with Gasteiger partial charge in [-0.1, -0.05) is 38.0 Å². The molecule has 4 rings (SSSR count). The highest BCUT2D eigenvalue weighted by molar-refractivity contribution is 5.98. The van der Waals surface area contributed by atoms with Crippen LogP contribution in [0, 0.1) is 11.8 Å². The van der Waals surface area contributed by atoms with Gasteiger partial charge in [0.2, 0.25) is 5.91 Å². The van der Waals surface area contributed by atoms with Crippen molar-refractivity contribution in [1.82, 2.24) is 15.2 Å². The first-order chi connectivity index (χ1) is 13.1. The van der Waals surface area contributed by atoms with Gasteiger partial charge >= 0.3 is 0 Å². The van der Waals surface area contributed by atoms with E-state index in [1.807, 2.05) is 42.2 Å². The van der Waals surface area contributed by atoms with Crippen LogP contribution < -0.4 is 5.32 Å². The number of benzene rings is 1. The average molecular weight is 367 g/mol. The van der Waals surface area contributed by atoms with Gasteiger partial charge in [-0.3, -0.25) is 9.59 Å². The maximum Gasteiger partial charge on any atom is 0.270 e. The highest BCUT2D eigenvalue weighted by Crippen LogP contribution is 2.27. The summed E-state index contributed by atoms with van der Waals surface area (Å²) in [6, 6.07) is 10.3. The van der Waals surface area contributed by atoms with Crippen molar-refractivity contribution in [3.63, 3.8) is 0 Å². The molecule has 2 amide bonds. The van der Waals surface area contributed by atoms with Crippen molar-refractivity contribution < 1.29 is 9.59 Å². The van der Waals surface area contributed by atoms with Crippen molar-refractivity contribution in [2.45, 2.75) is 51.5 Å². The fourth-order valence-electron chi connectivity index (χ4n) is 4.58. The predicted octanol–water partition coefficient (Wildman–Crippen LogP) is 3.72. The molecule has 2 aromatic rings. The molecule has 1 atom stereocenters. The highest BCUT2D eigenvalue weighted by Gasteiger charge is 2.31. The van der Waals surface area contributed by atoms with E-state index in [0.717, 1.165) is 49.7 Å². The molecular formula is C22H29N3O2. The number of carbonyl (C=O) groups is 2. The molecule has 27 heavy (non-hydrogen) atoms. The largest absolute Gasteiger partial charge is 0.353 e. The normalized spacial score (nSPS) is 20.1. The number of H-pyrrole nitrogens is 1. The van der Waals surface area contributed by atoms with Crippen molar-refractivity contribution in [2.75, 3.05) is 13.1 Å². The third kappa shape index (κ3) is 3.87. The number of aromatic amines is 1. The quantitative estimate of drug-likeness (QED) is 0.865. The molecule has 0 radical (unpaired) electrons. The van der Waals surface area contributed by atoms with Crippen LogP contribution in [0.25, 0.3) is 10.9 Å². The standard InChI is InChI=1S/C22H29N3O2/c1-15(21(26)23-18-7-3-4-8-18)16-10-12-25(13-11-16)22(27)20-14-17-6-2-5-9-19(17)24-20/h2,5-6,9,14-16,18,24H,3-4,7-8,10-13H2,1H3,(H,23,26)/t15-/m0/s1. The topological polar surface area (TPSA) is 65.2 Å². The van der Waals surface area contributed by atoms with Gasteiger partial charge in [-0.2, -0.15) is 0 Å². The molecule has 1 saturated carbocycles. The van der Waals surface area contributed by atoms with Crippen molar-refractivity contribution in [2.24, 2.45) is 11.8 Å². The summed E-state index contributed by atoms with van der Waals surface area (Å²) in [5.41, 5.74) is 1.65. The summed E-state index contributed by atoms with van der Waals surface area (Å²) >= 11 is 0. The Morgan fingerprint density at radius 3 is 2.52 bits per heavy atom. The lowest BCUT2D eigenvalue weighted by molar-refractivity contribution is -0.127. The Kier molecular flexibility index (Phi) is 5.19. The second-order valence-corrected chi connectivity index (χ2v) is 8.18. The molecule has 2 heterocycles. The molecule has 0 bridgehead atoms. The lowest BCUT2D eigenvalue weighted by Gasteiger charge is -2.34. The molecule has 2 N–H and O–H groups in total. The van der Waals surface area contributed by atoms with Crippen LogP contribution >= 0.6 is 0 Å². The molecule has 0 spiro atoms. The van der Waals surface area contributed by atoms with Gasteiger partial charge in [0.1, 0.15) is 5.69 Å². The van der Waals surface area contributed by atoms with E-state index in [1.54, 1.807) is 0 Å². The number of piperidine rings is 1. The van der Waals surface area contributed by atoms with Crippen LogP contribution in [0.4, 0.5) is 0 Å². The van der Waals surface area contributed by atoms with Crippen LogP contribution in [0.5, 0.6) is 0 Å². The fraction of sp³-hybridized carbons (Fsp3) is 0.545. The van der Waals surface area contributed by atoms with E-state index >= 15 is 0 Å². The van der Waals surface area contributed by atoms with Crippen LogP contribution in [0.1, 0.15) is 55.9 Å². The second kappa shape index (κ2) is 7.75. The van der Waals surface area contributed by atoms with Crippen LogP contribution in [0.3, 0.4) is 0 Å². The molecule has 1 aliphatic heterocycles. The van der Waals surface area contributed by atoms with Crippen molar-refractivity contribution in [3.8, 4) is 0 Å². The van der Waals surface area contributed by atoms with Gasteiger partial charge in [-0.25, -0.2) is 0 Å². The van der Waals surface area contributed by atoms with E-state index < -0.39 is 0 Å². The average Bonchev–Trinajstić information content (AvgIpc) is 3.36. The number of fused-ring (bicyclic) bond motifs is 1. The van der Waals surface area contributed by atoms with E-state index in [9.17, 15) is 9.59 Å². The number of nitrogens with zero attached hydrogens (tertiary/aromatic N) is 1. The summed E-state index contributed by atoms with van der Waals surface area (Å²) in [7, 11) is 0. The molecule has 1 aliphatic carbocycles. The molecule has 2 aliphatic rings. The molecule has 0 unspecified atom stereocenters. The Balaban J connectivity index is 1.32. The summed E-state index contributed by atoms with van der Waals surface area (Å²) in [4.78, 5) is 30.5. The Hall–Kier alpha value is -2.30. The minimum Gasteiger partial charge on any atom is -0.353 e. The van der Waals surface area contributed by atoms with E-state index in [1.165, 1.54) is 12.8 Å². The number of hydrogen-bond donors (Lipinski definition) is 2. The summed E-state index contributed by atoms with van der Waals surface area (Å²) in [6.45, 7) is 3.49. The molecule has 144 valence electrons. The van der Waals surface area contributed by atoms with Crippen LogP contribution in [-0.4, -0.2) is 40.8 Å². The molecule has 1 aromatic heterocycles. The number of nitrogens with one attached hydrogen (secondary N) is 2. The van der Waals surface area contributed by atoms with Crippen LogP contribution in [0.15, 0.2) is 30.3 Å². The number of rotatable bonds is 4. The number of aromatic nitrogens is 1. The van der Waals surface area contributed by atoms with Gasteiger partial charge in [0.05, 0.1) is 0 Å². The SMILES string of the molecule is C[C@H](C(=O)NC1CCCC1)C1CCN(C(=O)c2cc3ccccc3[nH]2)CC1. The highest BCUT2D eigenvalue weighted by atomic mass is 16.2. The van der Waals surface area contributed by atoms with Gasteiger partial charge in [-0.05, 0) is 43.7 Å². The maximum atomic E-state index is 12.8. The minimum absolute atomic E-state index is 0.0240. The summed E-state index contributed by atoms with van der Waals surface area (Å²) < 4.78 is 0. The van der Waals surface area contributed by atoms with E-state index in [4.69, 9.17) is 0 Å². The van der Waals surface area contributed by atoms with Gasteiger partial charge in [0.15, 0.2) is 0 Å². The third-order valence-corrected chi connectivity index (χ3v) is 6.41. The number of likely N-dealkylation sites (tertiary alicyclic amines) is 1. The van der Waals surface area contributed by atoms with Crippen molar-refractivity contribution in [3.05, 3.63) is 36.0 Å². The van der Waals surface area contributed by atoms with Gasteiger partial charge in [-0.15, -0.1) is 0 Å². The van der Waals surface area contributed by atoms with Gasteiger partial charge in [0, 0.05) is 36.0 Å². The Labute approximate surface area is 160 Å². The van der Waals surface area contributed by atoms with Crippen LogP contribution in [0.2, 0.25) is 0 Å². The third-order valence-electron chi connectivity index (χ3n) is 6.41. The monoisotopic (exact) mass is 367 g/mol. The zero-order valence-electron chi connectivity index (χ0n) is 16.0. The van der Waals surface area contributed by atoms with Crippen LogP contribution in [-0.2, 0) is 4.79 Å². The van der Waals surface area contributed by atoms with E-state index in [0.29, 0.717) is 17.7 Å². The van der Waals surface area contributed by atoms with Crippen molar-refractivity contribution in [1.29, 1.82) is 0 Å². The minimum atomic E-state index is 0.0240. The Morgan fingerprint density at radius 2 is 1.81 bits per heavy atom. The summed E-state index contributed by atoms with van der Waals surface area (Å²) in [6.07, 6.45) is 6.49. The number of para-hydroxylation sites is 1. The Morgan fingerprint density at radius 1 is 1.11 bits per heavy atom. The second-order valence-electron chi connectivity index (χ2n) is 8.18. The van der Waals surface area contributed by atoms with E-state index in [2.05, 4.69) is 10.3 Å². The fourth-order valence-corrected chi connectivity index (χ4v) is 4.58. The predicted molar refractivity (Wildman–Crippen MR) is 106 cm³/mol. The molecular weight excluding hydrogens is 338 g/mol. The molecule has 1 saturated heterocycles. The summed E-state index contributed by atoms with van der Waals surface area (Å²) in [5.74, 6) is 0.643. The zero-order valence-corrected chi connectivity index (χ0v) is 16.0. The first-order valence-electron chi connectivity index (χ1n) is 10.3. The summed E-state index contributed by atoms with van der Waals surface area (Å²) in [5, 5.41) is 4.29. The van der Waals surface area contributed by atoms with E-state index in [-0.39, 0.29) is 17.7 Å². The molecule has 1 aromatic carbocycles. The lowest BCUT2D eigenvalue weighted by atomic mass is 9.84. The van der Waals surface area contributed by atoms with Gasteiger partial charge < -0.3 is 15.2 Å². The molecule has 5 nitrogen and oxygen atoms in total. The molecule has 2 fully saturated rings. The zero-order chi connectivity index (χ0) is 18.8. The number of amides is 2. The molecule has 5 heteroatoms. The number of hydrogen-bond acceptors (Lipinski definition) is 2. The number of carbonyl (C=O) groups excluding carboxylic acids is 2. The Bertz CT molecular complexity index is 781. The first-order valence-corrected chi connectivity index (χ1v) is 10.3. The maximum absolute atomic E-state index is 12.8. The smallest absolute Gasteiger partial charge is 0.270 e. The first kappa shape index (κ1) is 18.1. The van der Waals surface area contributed by atoms with Crippen molar-refractivity contribution >= 4 is 22.7 Å².